The van der Waals surface area contributed by atoms with Crippen molar-refractivity contribution in [2.24, 2.45) is 5.92 Å². The molecule has 27 heavy (non-hydrogen) atoms. The summed E-state index contributed by atoms with van der Waals surface area (Å²) in [6.07, 6.45) is 6.39. The van der Waals surface area contributed by atoms with Gasteiger partial charge in [-0.05, 0) is 30.5 Å². The summed E-state index contributed by atoms with van der Waals surface area (Å²) in [5.41, 5.74) is 2.44. The van der Waals surface area contributed by atoms with E-state index in [2.05, 4.69) is 22.0 Å². The van der Waals surface area contributed by atoms with E-state index in [0.717, 1.165) is 69.5 Å². The number of carbonyl (C=O) groups excluding carboxylic acids is 1. The largest absolute Gasteiger partial charge is 0.378 e. The monoisotopic (exact) mass is 384 g/mol. The van der Waals surface area contributed by atoms with E-state index in [4.69, 9.17) is 9.72 Å². The van der Waals surface area contributed by atoms with E-state index in [9.17, 15) is 4.79 Å². The molecule has 1 amide bonds. The maximum absolute atomic E-state index is 12.9. The molecule has 1 aliphatic carbocycles. The number of morpholine rings is 1. The van der Waals surface area contributed by atoms with Gasteiger partial charge in [0.25, 0.3) is 0 Å². The number of pyridine rings is 1. The van der Waals surface area contributed by atoms with Gasteiger partial charge in [-0.3, -0.25) is 9.78 Å². The summed E-state index contributed by atoms with van der Waals surface area (Å²) in [5, 5.41) is 1.11. The zero-order chi connectivity index (χ0) is 18.2. The number of aryl methyl sites for hydroxylation is 1. The van der Waals surface area contributed by atoms with Gasteiger partial charge in [-0.2, -0.15) is 0 Å². The van der Waals surface area contributed by atoms with Gasteiger partial charge in [0.2, 0.25) is 5.91 Å². The van der Waals surface area contributed by atoms with Gasteiger partial charge in [0.05, 0.1) is 18.9 Å². The molecule has 3 aliphatic rings. The minimum atomic E-state index is 0.0931. The number of likely N-dealkylation sites (tertiary alicyclic amines) is 1. The minimum Gasteiger partial charge on any atom is -0.378 e. The first-order valence-electron chi connectivity index (χ1n) is 9.78. The van der Waals surface area contributed by atoms with E-state index in [0.29, 0.717) is 11.8 Å². The molecule has 1 unspecified atom stereocenters. The number of nitrogens with zero attached hydrogens (tertiary/aromatic N) is 4. The van der Waals surface area contributed by atoms with Crippen LogP contribution in [0.15, 0.2) is 24.5 Å². The van der Waals surface area contributed by atoms with Crippen LogP contribution in [0.4, 0.5) is 5.13 Å². The highest BCUT2D eigenvalue weighted by molar-refractivity contribution is 7.15. The fourth-order valence-electron chi connectivity index (χ4n) is 4.23. The van der Waals surface area contributed by atoms with Crippen molar-refractivity contribution in [1.82, 2.24) is 14.9 Å². The Kier molecular flexibility index (Phi) is 4.57. The lowest BCUT2D eigenvalue weighted by molar-refractivity contribution is -0.140. The standard InChI is InChI=1S/C20H24N4O2S/c25-19(24-12-16(13-24)14-3-5-21-6-4-14)15-1-2-18-17(11-15)22-20(27-18)23-7-9-26-10-8-23/h3-6,15-16H,1-2,7-13H2. The van der Waals surface area contributed by atoms with Gasteiger partial charge >= 0.3 is 0 Å². The lowest BCUT2D eigenvalue weighted by atomic mass is 9.86. The second kappa shape index (κ2) is 7.20. The highest BCUT2D eigenvalue weighted by Crippen LogP contribution is 2.36. The highest BCUT2D eigenvalue weighted by Gasteiger charge is 2.37. The Bertz CT molecular complexity index is 813. The van der Waals surface area contributed by atoms with E-state index in [1.807, 2.05) is 28.6 Å². The third-order valence-electron chi connectivity index (χ3n) is 5.93. The van der Waals surface area contributed by atoms with Gasteiger partial charge in [-0.1, -0.05) is 0 Å². The molecule has 2 fully saturated rings. The van der Waals surface area contributed by atoms with Crippen molar-refractivity contribution >= 4 is 22.4 Å². The van der Waals surface area contributed by atoms with E-state index >= 15 is 0 Å². The van der Waals surface area contributed by atoms with Crippen LogP contribution in [0.1, 0.15) is 28.5 Å². The Balaban J connectivity index is 1.21. The first-order chi connectivity index (χ1) is 13.3. The summed E-state index contributed by atoms with van der Waals surface area (Å²) in [5.74, 6) is 0.866. The Morgan fingerprint density at radius 2 is 1.96 bits per heavy atom. The zero-order valence-electron chi connectivity index (χ0n) is 15.3. The van der Waals surface area contributed by atoms with Gasteiger partial charge in [0, 0.05) is 61.7 Å². The predicted molar refractivity (Wildman–Crippen MR) is 104 cm³/mol. The average Bonchev–Trinajstić information content (AvgIpc) is 3.11. The van der Waals surface area contributed by atoms with Crippen LogP contribution in [-0.2, 0) is 22.4 Å². The third kappa shape index (κ3) is 3.34. The molecule has 0 bridgehead atoms. The number of ether oxygens (including phenoxy) is 1. The lowest BCUT2D eigenvalue weighted by Gasteiger charge is -2.41. The molecule has 0 radical (unpaired) electrons. The van der Waals surface area contributed by atoms with Crippen molar-refractivity contribution in [3.05, 3.63) is 40.7 Å². The summed E-state index contributed by atoms with van der Waals surface area (Å²) >= 11 is 1.81. The number of amides is 1. The number of thiazole rings is 1. The van der Waals surface area contributed by atoms with Gasteiger partial charge < -0.3 is 14.5 Å². The number of carbonyl (C=O) groups is 1. The van der Waals surface area contributed by atoms with Crippen LogP contribution in [0.25, 0.3) is 0 Å². The summed E-state index contributed by atoms with van der Waals surface area (Å²) in [6.45, 7) is 5.06. The predicted octanol–water partition coefficient (Wildman–Crippen LogP) is 2.11. The van der Waals surface area contributed by atoms with E-state index in [-0.39, 0.29) is 5.92 Å². The quantitative estimate of drug-likeness (QED) is 0.811. The number of rotatable bonds is 3. The molecule has 142 valence electrons. The molecule has 2 aromatic heterocycles. The fourth-order valence-corrected chi connectivity index (χ4v) is 5.38. The van der Waals surface area contributed by atoms with Crippen LogP contribution in [0.5, 0.6) is 0 Å². The van der Waals surface area contributed by atoms with Crippen LogP contribution in [0.2, 0.25) is 0 Å². The smallest absolute Gasteiger partial charge is 0.226 e. The van der Waals surface area contributed by atoms with Gasteiger partial charge in [-0.15, -0.1) is 11.3 Å². The van der Waals surface area contributed by atoms with Crippen molar-refractivity contribution in [3.63, 3.8) is 0 Å². The van der Waals surface area contributed by atoms with Crippen LogP contribution >= 0.6 is 11.3 Å². The van der Waals surface area contributed by atoms with Crippen molar-refractivity contribution in [2.75, 3.05) is 44.3 Å². The minimum absolute atomic E-state index is 0.0931. The SMILES string of the molecule is O=C(C1CCc2sc(N3CCOCC3)nc2C1)N1CC(c2ccncc2)C1. The van der Waals surface area contributed by atoms with Gasteiger partial charge in [0.15, 0.2) is 5.13 Å². The van der Waals surface area contributed by atoms with Crippen molar-refractivity contribution in [1.29, 1.82) is 0 Å². The topological polar surface area (TPSA) is 58.6 Å². The molecule has 0 spiro atoms. The third-order valence-corrected chi connectivity index (χ3v) is 7.15. The number of aromatic nitrogens is 2. The Hall–Kier alpha value is -1.99. The number of hydrogen-bond acceptors (Lipinski definition) is 6. The second-order valence-electron chi connectivity index (χ2n) is 7.63. The molecular formula is C20H24N4O2S. The van der Waals surface area contributed by atoms with E-state index < -0.39 is 0 Å². The summed E-state index contributed by atoms with van der Waals surface area (Å²) < 4.78 is 5.44. The molecule has 0 saturated carbocycles. The van der Waals surface area contributed by atoms with Crippen LogP contribution in [0, 0.1) is 5.92 Å². The molecule has 7 heteroatoms. The van der Waals surface area contributed by atoms with Gasteiger partial charge in [-0.25, -0.2) is 4.98 Å². The number of anilines is 1. The van der Waals surface area contributed by atoms with Crippen molar-refractivity contribution < 1.29 is 9.53 Å². The maximum atomic E-state index is 12.9. The molecule has 4 heterocycles. The molecule has 2 aromatic rings. The molecule has 1 atom stereocenters. The summed E-state index contributed by atoms with van der Waals surface area (Å²) in [4.78, 5) is 27.6. The lowest BCUT2D eigenvalue weighted by Crippen LogP contribution is -2.51. The molecular weight excluding hydrogens is 360 g/mol. The Morgan fingerprint density at radius 3 is 2.74 bits per heavy atom. The van der Waals surface area contributed by atoms with Crippen LogP contribution in [0.3, 0.4) is 0 Å². The average molecular weight is 385 g/mol. The van der Waals surface area contributed by atoms with Crippen molar-refractivity contribution in [2.45, 2.75) is 25.2 Å². The first kappa shape index (κ1) is 17.1. The Morgan fingerprint density at radius 1 is 1.19 bits per heavy atom. The summed E-state index contributed by atoms with van der Waals surface area (Å²) in [6, 6.07) is 4.11. The van der Waals surface area contributed by atoms with Crippen LogP contribution in [-0.4, -0.2) is 60.2 Å². The Labute approximate surface area is 163 Å². The molecule has 0 N–H and O–H groups in total. The molecule has 2 saturated heterocycles. The normalized spacial score (nSPS) is 23.0. The summed E-state index contributed by atoms with van der Waals surface area (Å²) in [7, 11) is 0. The van der Waals surface area contributed by atoms with Gasteiger partial charge in [0.1, 0.15) is 0 Å². The molecule has 5 rings (SSSR count). The molecule has 0 aromatic carbocycles. The number of fused-ring (bicyclic) bond motifs is 1. The van der Waals surface area contributed by atoms with E-state index in [1.165, 1.54) is 10.4 Å². The molecule has 6 nitrogen and oxygen atoms in total. The molecule has 2 aliphatic heterocycles. The second-order valence-corrected chi connectivity index (χ2v) is 8.69. The highest BCUT2D eigenvalue weighted by atomic mass is 32.1. The number of hydrogen-bond donors (Lipinski definition) is 0. The van der Waals surface area contributed by atoms with Crippen LogP contribution < -0.4 is 4.90 Å². The maximum Gasteiger partial charge on any atom is 0.226 e. The fraction of sp³-hybridized carbons (Fsp3) is 0.550. The first-order valence-corrected chi connectivity index (χ1v) is 10.6. The zero-order valence-corrected chi connectivity index (χ0v) is 16.2. The van der Waals surface area contributed by atoms with E-state index in [1.54, 1.807) is 0 Å². The van der Waals surface area contributed by atoms with Crippen molar-refractivity contribution in [3.8, 4) is 0 Å².